The third-order valence-corrected chi connectivity index (χ3v) is 4.26. The number of carbonyl (C=O) groups is 1. The number of nitrogens with zero attached hydrogens (tertiary/aromatic N) is 3. The van der Waals surface area contributed by atoms with Gasteiger partial charge >= 0.3 is 0 Å². The van der Waals surface area contributed by atoms with Crippen LogP contribution >= 0.6 is 0 Å². The Labute approximate surface area is 136 Å². The van der Waals surface area contributed by atoms with Crippen LogP contribution in [0.4, 0.5) is 11.5 Å². The van der Waals surface area contributed by atoms with Crippen LogP contribution in [0.3, 0.4) is 0 Å². The number of aryl methyl sites for hydroxylation is 2. The molecule has 0 saturated carbocycles. The highest BCUT2D eigenvalue weighted by Gasteiger charge is 2.19. The molecule has 1 fully saturated rings. The van der Waals surface area contributed by atoms with Crippen LogP contribution in [-0.2, 0) is 0 Å². The van der Waals surface area contributed by atoms with E-state index in [2.05, 4.69) is 41.5 Å². The standard InChI is InChI=1S/C18H22N4O/c1-13-7-6-8-14(2)17(13)19-16-10-9-15(20-21-16)18(23)22-11-4-3-5-12-22/h6-10H,3-5,11-12H2,1-2H3,(H,19,21). The van der Waals surface area contributed by atoms with Crippen molar-refractivity contribution in [3.8, 4) is 0 Å². The van der Waals surface area contributed by atoms with Gasteiger partial charge in [0.2, 0.25) is 0 Å². The Bertz CT molecular complexity index is 670. The summed E-state index contributed by atoms with van der Waals surface area (Å²) in [6.07, 6.45) is 3.35. The van der Waals surface area contributed by atoms with Crippen molar-refractivity contribution >= 4 is 17.4 Å². The summed E-state index contributed by atoms with van der Waals surface area (Å²) in [6, 6.07) is 9.70. The monoisotopic (exact) mass is 310 g/mol. The summed E-state index contributed by atoms with van der Waals surface area (Å²) in [5.41, 5.74) is 3.76. The molecule has 120 valence electrons. The molecule has 1 aromatic heterocycles. The summed E-state index contributed by atoms with van der Waals surface area (Å²) >= 11 is 0. The highest BCUT2D eigenvalue weighted by Crippen LogP contribution is 2.23. The molecule has 0 aliphatic carbocycles. The molecule has 1 N–H and O–H groups in total. The Morgan fingerprint density at radius 2 is 1.70 bits per heavy atom. The quantitative estimate of drug-likeness (QED) is 0.943. The van der Waals surface area contributed by atoms with Gasteiger partial charge in [0, 0.05) is 18.8 Å². The van der Waals surface area contributed by atoms with Crippen LogP contribution in [-0.4, -0.2) is 34.1 Å². The van der Waals surface area contributed by atoms with Crippen molar-refractivity contribution in [3.05, 3.63) is 47.2 Å². The molecule has 0 spiro atoms. The van der Waals surface area contributed by atoms with Gasteiger partial charge in [0.05, 0.1) is 0 Å². The molecule has 1 saturated heterocycles. The number of anilines is 2. The average molecular weight is 310 g/mol. The molecule has 5 nitrogen and oxygen atoms in total. The lowest BCUT2D eigenvalue weighted by Crippen LogP contribution is -2.36. The van der Waals surface area contributed by atoms with Crippen LogP contribution < -0.4 is 5.32 Å². The Morgan fingerprint density at radius 3 is 2.30 bits per heavy atom. The van der Waals surface area contributed by atoms with Gasteiger partial charge in [-0.3, -0.25) is 4.79 Å². The van der Waals surface area contributed by atoms with E-state index in [1.807, 2.05) is 17.0 Å². The van der Waals surface area contributed by atoms with Gasteiger partial charge in [-0.15, -0.1) is 10.2 Å². The maximum atomic E-state index is 12.4. The number of aromatic nitrogens is 2. The number of para-hydroxylation sites is 1. The van der Waals surface area contributed by atoms with E-state index in [-0.39, 0.29) is 5.91 Å². The number of rotatable bonds is 3. The predicted octanol–water partition coefficient (Wildman–Crippen LogP) is 3.46. The zero-order valence-corrected chi connectivity index (χ0v) is 13.7. The highest BCUT2D eigenvalue weighted by molar-refractivity contribution is 5.92. The molecule has 0 radical (unpaired) electrons. The van der Waals surface area contributed by atoms with Gasteiger partial charge in [0.15, 0.2) is 11.5 Å². The van der Waals surface area contributed by atoms with Gasteiger partial charge in [0.25, 0.3) is 5.91 Å². The molecule has 3 rings (SSSR count). The summed E-state index contributed by atoms with van der Waals surface area (Å²) in [5.74, 6) is 0.633. The van der Waals surface area contributed by atoms with Crippen molar-refractivity contribution in [2.24, 2.45) is 0 Å². The minimum Gasteiger partial charge on any atom is -0.338 e. The summed E-state index contributed by atoms with van der Waals surface area (Å²) in [6.45, 7) is 5.75. The number of carbonyl (C=O) groups excluding carboxylic acids is 1. The van der Waals surface area contributed by atoms with Gasteiger partial charge in [0.1, 0.15) is 0 Å². The number of amides is 1. The highest BCUT2D eigenvalue weighted by atomic mass is 16.2. The largest absolute Gasteiger partial charge is 0.338 e. The van der Waals surface area contributed by atoms with E-state index in [9.17, 15) is 4.79 Å². The maximum Gasteiger partial charge on any atom is 0.274 e. The minimum absolute atomic E-state index is 0.0178. The van der Waals surface area contributed by atoms with E-state index in [1.165, 1.54) is 6.42 Å². The first-order valence-electron chi connectivity index (χ1n) is 8.11. The molecule has 23 heavy (non-hydrogen) atoms. The number of hydrogen-bond acceptors (Lipinski definition) is 4. The minimum atomic E-state index is -0.0178. The molecular weight excluding hydrogens is 288 g/mol. The van der Waals surface area contributed by atoms with Gasteiger partial charge < -0.3 is 10.2 Å². The summed E-state index contributed by atoms with van der Waals surface area (Å²) in [5, 5.41) is 11.6. The third kappa shape index (κ3) is 3.50. The van der Waals surface area contributed by atoms with Gasteiger partial charge in [-0.2, -0.15) is 0 Å². The number of benzene rings is 1. The van der Waals surface area contributed by atoms with Crippen molar-refractivity contribution in [1.82, 2.24) is 15.1 Å². The van der Waals surface area contributed by atoms with Crippen LogP contribution in [0.5, 0.6) is 0 Å². The second kappa shape index (κ2) is 6.77. The predicted molar refractivity (Wildman–Crippen MR) is 91.0 cm³/mol. The molecule has 1 aliphatic heterocycles. The topological polar surface area (TPSA) is 58.1 Å². The second-order valence-corrected chi connectivity index (χ2v) is 6.05. The Morgan fingerprint density at radius 1 is 1.00 bits per heavy atom. The third-order valence-electron chi connectivity index (χ3n) is 4.26. The maximum absolute atomic E-state index is 12.4. The van der Waals surface area contributed by atoms with Gasteiger partial charge in [-0.05, 0) is 56.4 Å². The second-order valence-electron chi connectivity index (χ2n) is 6.05. The Hall–Kier alpha value is -2.43. The lowest BCUT2D eigenvalue weighted by atomic mass is 10.1. The molecule has 1 aromatic carbocycles. The lowest BCUT2D eigenvalue weighted by Gasteiger charge is -2.26. The van der Waals surface area contributed by atoms with Gasteiger partial charge in [-0.25, -0.2) is 0 Å². The van der Waals surface area contributed by atoms with Crippen molar-refractivity contribution < 1.29 is 4.79 Å². The first-order chi connectivity index (χ1) is 11.1. The molecule has 1 aliphatic rings. The van der Waals surface area contributed by atoms with E-state index in [0.717, 1.165) is 42.7 Å². The lowest BCUT2D eigenvalue weighted by molar-refractivity contribution is 0.0717. The molecule has 5 heteroatoms. The molecule has 1 amide bonds. The van der Waals surface area contributed by atoms with E-state index < -0.39 is 0 Å². The number of likely N-dealkylation sites (tertiary alicyclic amines) is 1. The van der Waals surface area contributed by atoms with Crippen molar-refractivity contribution in [1.29, 1.82) is 0 Å². The molecule has 2 heterocycles. The van der Waals surface area contributed by atoms with E-state index in [0.29, 0.717) is 11.5 Å². The zero-order valence-electron chi connectivity index (χ0n) is 13.7. The summed E-state index contributed by atoms with van der Waals surface area (Å²) in [7, 11) is 0. The smallest absolute Gasteiger partial charge is 0.274 e. The first kappa shape index (κ1) is 15.5. The number of nitrogens with one attached hydrogen (secondary N) is 1. The molecule has 0 unspecified atom stereocenters. The fourth-order valence-electron chi connectivity index (χ4n) is 2.91. The molecule has 0 bridgehead atoms. The number of piperidine rings is 1. The average Bonchev–Trinajstić information content (AvgIpc) is 2.59. The normalized spacial score (nSPS) is 14.6. The fourth-order valence-corrected chi connectivity index (χ4v) is 2.91. The van der Waals surface area contributed by atoms with Crippen molar-refractivity contribution in [2.45, 2.75) is 33.1 Å². The molecular formula is C18H22N4O. The molecule has 2 aromatic rings. The van der Waals surface area contributed by atoms with Crippen molar-refractivity contribution in [2.75, 3.05) is 18.4 Å². The fraction of sp³-hybridized carbons (Fsp3) is 0.389. The van der Waals surface area contributed by atoms with Gasteiger partial charge in [-0.1, -0.05) is 18.2 Å². The van der Waals surface area contributed by atoms with Crippen LogP contribution in [0.2, 0.25) is 0 Å². The van der Waals surface area contributed by atoms with Crippen molar-refractivity contribution in [3.63, 3.8) is 0 Å². The van der Waals surface area contributed by atoms with Crippen LogP contribution in [0.1, 0.15) is 40.9 Å². The van der Waals surface area contributed by atoms with Crippen LogP contribution in [0.25, 0.3) is 0 Å². The van der Waals surface area contributed by atoms with Crippen LogP contribution in [0.15, 0.2) is 30.3 Å². The SMILES string of the molecule is Cc1cccc(C)c1Nc1ccc(C(=O)N2CCCCC2)nn1. The van der Waals surface area contributed by atoms with E-state index >= 15 is 0 Å². The van der Waals surface area contributed by atoms with Crippen LogP contribution in [0, 0.1) is 13.8 Å². The van der Waals surface area contributed by atoms with E-state index in [1.54, 1.807) is 6.07 Å². The van der Waals surface area contributed by atoms with E-state index in [4.69, 9.17) is 0 Å². The Balaban J connectivity index is 1.73. The first-order valence-corrected chi connectivity index (χ1v) is 8.11. The summed E-state index contributed by atoms with van der Waals surface area (Å²) in [4.78, 5) is 14.2. The summed E-state index contributed by atoms with van der Waals surface area (Å²) < 4.78 is 0. The zero-order chi connectivity index (χ0) is 16.2. The molecule has 0 atom stereocenters. The number of hydrogen-bond donors (Lipinski definition) is 1. The Kier molecular flexibility index (Phi) is 4.55.